The highest BCUT2D eigenvalue weighted by Gasteiger charge is 2.22. The van der Waals surface area contributed by atoms with Crippen molar-refractivity contribution in [3.05, 3.63) is 78.4 Å². The van der Waals surface area contributed by atoms with Gasteiger partial charge in [0.2, 0.25) is 11.5 Å². The van der Waals surface area contributed by atoms with E-state index in [0.29, 0.717) is 22.2 Å². The van der Waals surface area contributed by atoms with Gasteiger partial charge < -0.3 is 14.3 Å². The van der Waals surface area contributed by atoms with Crippen molar-refractivity contribution in [1.29, 1.82) is 0 Å². The van der Waals surface area contributed by atoms with Crippen LogP contribution in [0.3, 0.4) is 0 Å². The fourth-order valence-corrected chi connectivity index (χ4v) is 3.41. The smallest absolute Gasteiger partial charge is 0.340 e. The first kappa shape index (κ1) is 17.8. The first-order chi connectivity index (χ1) is 14.7. The number of hydrogen-bond acceptors (Lipinski definition) is 6. The number of carbonyl (C=O) groups is 1. The zero-order valence-corrected chi connectivity index (χ0v) is 15.9. The average molecular weight is 397 g/mol. The third-order valence-electron chi connectivity index (χ3n) is 4.82. The first-order valence-corrected chi connectivity index (χ1v) is 9.22. The van der Waals surface area contributed by atoms with Gasteiger partial charge in [0.05, 0.1) is 18.6 Å². The Morgan fingerprint density at radius 2 is 1.73 bits per heavy atom. The summed E-state index contributed by atoms with van der Waals surface area (Å²) in [5.41, 5.74) is 3.00. The van der Waals surface area contributed by atoms with Gasteiger partial charge in [0.25, 0.3) is 5.52 Å². The van der Waals surface area contributed by atoms with E-state index in [1.807, 2.05) is 60.7 Å². The summed E-state index contributed by atoms with van der Waals surface area (Å²) in [6.45, 7) is 0. The largest absolute Gasteiger partial charge is 0.578 e. The highest BCUT2D eigenvalue weighted by Crippen LogP contribution is 2.32. The van der Waals surface area contributed by atoms with Gasteiger partial charge in [0.1, 0.15) is 5.52 Å². The minimum atomic E-state index is -0.744. The lowest BCUT2D eigenvalue weighted by atomic mass is 10.1. The van der Waals surface area contributed by atoms with Crippen LogP contribution in [0.5, 0.6) is 5.95 Å². The Labute approximate surface area is 170 Å². The molecule has 0 amide bonds. The molecule has 5 aromatic rings. The number of hydrogen-bond donors (Lipinski definition) is 0. The van der Waals surface area contributed by atoms with Crippen LogP contribution in [0, 0.1) is 0 Å². The van der Waals surface area contributed by atoms with Gasteiger partial charge in [-0.15, -0.1) is 0 Å². The number of aromatic nitrogens is 3. The second kappa shape index (κ2) is 6.97. The molecule has 0 bridgehead atoms. The predicted octanol–water partition coefficient (Wildman–Crippen LogP) is 3.18. The van der Waals surface area contributed by atoms with Gasteiger partial charge in [0.15, 0.2) is 0 Å². The normalized spacial score (nSPS) is 11.1. The monoisotopic (exact) mass is 397 g/mol. The Hall–Kier alpha value is -4.26. The summed E-state index contributed by atoms with van der Waals surface area (Å²) < 4.78 is 11.8. The van der Waals surface area contributed by atoms with Crippen LogP contribution in [0.2, 0.25) is 0 Å². The Bertz CT molecular complexity index is 1400. The van der Waals surface area contributed by atoms with Gasteiger partial charge in [-0.3, -0.25) is 0 Å². The summed E-state index contributed by atoms with van der Waals surface area (Å²) in [5, 5.41) is 17.3. The minimum Gasteiger partial charge on any atom is -0.578 e. The first-order valence-electron chi connectivity index (χ1n) is 9.22. The fraction of sp³-hybridized carbons (Fsp3) is 0.0435. The van der Waals surface area contributed by atoms with Gasteiger partial charge in [-0.05, 0) is 10.7 Å². The number of benzene rings is 3. The van der Waals surface area contributed by atoms with Gasteiger partial charge >= 0.3 is 5.97 Å². The SMILES string of the molecule is COC(=O)c1c([O-])oc2cc3c(cc12)nc(-c1ccccc1)n[n+]3-c1ccccc1. The molecule has 0 fully saturated rings. The van der Waals surface area contributed by atoms with Crippen molar-refractivity contribution >= 4 is 28.0 Å². The molecule has 0 spiro atoms. The van der Waals surface area contributed by atoms with Crippen molar-refractivity contribution in [2.24, 2.45) is 0 Å². The summed E-state index contributed by atoms with van der Waals surface area (Å²) in [4.78, 5) is 16.8. The molecule has 7 nitrogen and oxygen atoms in total. The van der Waals surface area contributed by atoms with Gasteiger partial charge in [-0.2, -0.15) is 0 Å². The van der Waals surface area contributed by atoms with Crippen LogP contribution in [0.4, 0.5) is 0 Å². The highest BCUT2D eigenvalue weighted by molar-refractivity contribution is 6.08. The summed E-state index contributed by atoms with van der Waals surface area (Å²) >= 11 is 0. The maximum absolute atomic E-state index is 12.3. The standard InChI is InChI=1S/C23H15N3O4/c1-29-22(27)20-16-12-17-18(13-19(16)30-23(20)28)26(15-10-6-3-7-11-15)25-21(24-17)14-8-4-2-5-9-14/h2-13H,1H3. The van der Waals surface area contributed by atoms with E-state index in [1.54, 1.807) is 16.8 Å². The Balaban J connectivity index is 1.87. The Morgan fingerprint density at radius 3 is 2.43 bits per heavy atom. The number of nitrogens with zero attached hydrogens (tertiary/aromatic N) is 3. The molecule has 0 radical (unpaired) electrons. The number of ether oxygens (including phenoxy) is 1. The Morgan fingerprint density at radius 1 is 1.03 bits per heavy atom. The van der Waals surface area contributed by atoms with Crippen LogP contribution >= 0.6 is 0 Å². The Kier molecular flexibility index (Phi) is 4.14. The number of carbonyl (C=O) groups excluding carboxylic acids is 1. The van der Waals surface area contributed by atoms with Crippen LogP contribution in [0.25, 0.3) is 39.1 Å². The van der Waals surface area contributed by atoms with Crippen molar-refractivity contribution < 1.29 is 23.7 Å². The molecule has 0 atom stereocenters. The summed E-state index contributed by atoms with van der Waals surface area (Å²) in [7, 11) is 1.22. The molecule has 2 aromatic heterocycles. The maximum Gasteiger partial charge on any atom is 0.340 e. The van der Waals surface area contributed by atoms with Crippen LogP contribution in [-0.4, -0.2) is 23.2 Å². The van der Waals surface area contributed by atoms with Crippen molar-refractivity contribution in [3.63, 3.8) is 0 Å². The second-order valence-electron chi connectivity index (χ2n) is 6.64. The van der Waals surface area contributed by atoms with Crippen LogP contribution in [0.15, 0.2) is 77.2 Å². The van der Waals surface area contributed by atoms with Gasteiger partial charge in [0, 0.05) is 39.8 Å². The topological polar surface area (TPSA) is 92.2 Å². The number of fused-ring (bicyclic) bond motifs is 2. The molecule has 2 heterocycles. The molecule has 5 rings (SSSR count). The van der Waals surface area contributed by atoms with E-state index in [2.05, 4.69) is 4.98 Å². The zero-order chi connectivity index (χ0) is 20.7. The second-order valence-corrected chi connectivity index (χ2v) is 6.64. The fourth-order valence-electron chi connectivity index (χ4n) is 3.41. The third kappa shape index (κ3) is 2.84. The summed E-state index contributed by atoms with van der Waals surface area (Å²) in [5.74, 6) is -0.974. The molecular weight excluding hydrogens is 382 g/mol. The van der Waals surface area contributed by atoms with Crippen LogP contribution < -0.4 is 9.79 Å². The van der Waals surface area contributed by atoms with E-state index in [0.717, 1.165) is 11.3 Å². The number of furan rings is 1. The van der Waals surface area contributed by atoms with Gasteiger partial charge in [-0.1, -0.05) is 48.5 Å². The molecule has 0 saturated heterocycles. The van der Waals surface area contributed by atoms with Crippen molar-refractivity contribution in [1.82, 2.24) is 10.1 Å². The van der Waals surface area contributed by atoms with E-state index in [4.69, 9.17) is 14.3 Å². The lowest BCUT2D eigenvalue weighted by molar-refractivity contribution is -0.632. The number of para-hydroxylation sites is 1. The molecule has 7 heteroatoms. The molecule has 0 aliphatic heterocycles. The number of esters is 1. The molecule has 146 valence electrons. The minimum absolute atomic E-state index is 0.138. The van der Waals surface area contributed by atoms with Crippen molar-refractivity contribution in [2.75, 3.05) is 7.11 Å². The third-order valence-corrected chi connectivity index (χ3v) is 4.82. The molecule has 0 N–H and O–H groups in total. The van der Waals surface area contributed by atoms with Crippen molar-refractivity contribution in [2.45, 2.75) is 0 Å². The van der Waals surface area contributed by atoms with E-state index < -0.39 is 11.9 Å². The zero-order valence-electron chi connectivity index (χ0n) is 15.9. The number of methoxy groups -OCH3 is 1. The van der Waals surface area contributed by atoms with E-state index >= 15 is 0 Å². The van der Waals surface area contributed by atoms with Crippen LogP contribution in [-0.2, 0) is 4.74 Å². The lowest BCUT2D eigenvalue weighted by Gasteiger charge is -2.04. The number of rotatable bonds is 3. The quantitative estimate of drug-likeness (QED) is 0.343. The van der Waals surface area contributed by atoms with Gasteiger partial charge in [-0.25, -0.2) is 9.78 Å². The molecular formula is C23H15N3O4. The summed E-state index contributed by atoms with van der Waals surface area (Å²) in [6, 6.07) is 22.5. The molecule has 0 aliphatic rings. The molecule has 0 aliphatic carbocycles. The van der Waals surface area contributed by atoms with E-state index in [-0.39, 0.29) is 11.1 Å². The van der Waals surface area contributed by atoms with Crippen molar-refractivity contribution in [3.8, 4) is 23.0 Å². The van der Waals surface area contributed by atoms with Crippen LogP contribution in [0.1, 0.15) is 10.4 Å². The maximum atomic E-state index is 12.3. The molecule has 3 aromatic carbocycles. The molecule has 0 saturated carbocycles. The predicted molar refractivity (Wildman–Crippen MR) is 107 cm³/mol. The lowest BCUT2D eigenvalue weighted by Crippen LogP contribution is -2.37. The molecule has 0 unspecified atom stereocenters. The van der Waals surface area contributed by atoms with E-state index in [9.17, 15) is 9.90 Å². The summed E-state index contributed by atoms with van der Waals surface area (Å²) in [6.07, 6.45) is 0. The highest BCUT2D eigenvalue weighted by atomic mass is 16.5. The molecule has 30 heavy (non-hydrogen) atoms. The average Bonchev–Trinajstić information content (AvgIpc) is 3.12. The van der Waals surface area contributed by atoms with E-state index in [1.165, 1.54) is 7.11 Å².